The maximum absolute atomic E-state index is 12.6. The molecule has 25 nitrogen and oxygen atoms in total. The van der Waals surface area contributed by atoms with E-state index < -0.39 is 85.2 Å². The van der Waals surface area contributed by atoms with E-state index in [1.807, 2.05) is 10.7 Å². The number of aliphatic imine (C=N–C) groups is 1. The van der Waals surface area contributed by atoms with Crippen LogP contribution in [0, 0.1) is 0 Å². The van der Waals surface area contributed by atoms with Gasteiger partial charge in [0, 0.05) is 37.7 Å². The third-order valence-corrected chi connectivity index (χ3v) is 22.2. The number of thiazole rings is 7. The second-order valence-corrected chi connectivity index (χ2v) is 32.5. The van der Waals surface area contributed by atoms with Gasteiger partial charge in [0.05, 0.1) is 12.5 Å². The van der Waals surface area contributed by atoms with Crippen molar-refractivity contribution in [3.63, 3.8) is 0 Å². The molecular weight excluding hydrogens is 2140 g/mol. The number of nitrogens with zero attached hydrogens (tertiary/aromatic N) is 14. The molecule has 9 heterocycles. The van der Waals surface area contributed by atoms with E-state index in [-0.39, 0.29) is 56.3 Å². The number of aromatic carboxylic acids is 1. The number of carbonyl (C=O) groups excluding carboxylic acids is 3. The van der Waals surface area contributed by atoms with E-state index in [9.17, 15) is 98.2 Å². The van der Waals surface area contributed by atoms with Gasteiger partial charge in [-0.05, 0) is 167 Å². The van der Waals surface area contributed by atoms with Crippen LogP contribution in [0.2, 0.25) is 0 Å². The Morgan fingerprint density at radius 3 is 1.13 bits per heavy atom. The lowest BCUT2D eigenvalue weighted by Crippen LogP contribution is -2.43. The third kappa shape index (κ3) is 39.9. The lowest BCUT2D eigenvalue weighted by Gasteiger charge is -2.17. The van der Waals surface area contributed by atoms with E-state index in [0.29, 0.717) is 43.0 Å². The van der Waals surface area contributed by atoms with E-state index >= 15 is 0 Å². The second-order valence-electron chi connectivity index (χ2n) is 20.0. The SMILES string of the molecule is Brc1csc(Br)n1.CC(=O)CC(C)=O.C[C@H](N)C(F)(F)F.C[C@H](N=C(NN)c1nc(Br)cs1)C(F)(F)F.C[C@H](NC(=O)c1nc(Br)cs1)C(F)(F)F.C[C@H](NC(=S)c1nc(Br)cs1)C(F)(F)F.C[C@H](n1cnnc1-c1nc(Br)cs1)C(F)(F)F.C[C@H](n1cnnc1-c1nc(N)cs1)C(F)(F)F.O=C(O)c1nc(Br)cs1. The van der Waals surface area contributed by atoms with Crippen LogP contribution in [0.25, 0.3) is 21.7 Å². The summed E-state index contributed by atoms with van der Waals surface area (Å²) in [7, 11) is 0. The predicted molar refractivity (Wildman–Crippen MR) is 408 cm³/mol. The first-order valence-corrected chi connectivity index (χ1v) is 40.3. The number of hydrogen-bond donors (Lipinski definition) is 7. The number of hydrazine groups is 1. The molecule has 0 saturated carbocycles. The smallest absolute Gasteiger partial charge is 0.410 e. The summed E-state index contributed by atoms with van der Waals surface area (Å²) >= 11 is 34.8. The maximum Gasteiger partial charge on any atom is 0.410 e. The quantitative estimate of drug-likeness (QED) is 0.0107. The lowest BCUT2D eigenvalue weighted by molar-refractivity contribution is -0.163. The van der Waals surface area contributed by atoms with Crippen molar-refractivity contribution in [2.45, 2.75) is 135 Å². The van der Waals surface area contributed by atoms with Crippen molar-refractivity contribution in [1.82, 2.24) is 80.5 Å². The Kier molecular flexibility index (Phi) is 44.3. The summed E-state index contributed by atoms with van der Waals surface area (Å²) in [5.74, 6) is 3.53. The largest absolute Gasteiger partial charge is 0.476 e. The van der Waals surface area contributed by atoms with E-state index in [2.05, 4.69) is 188 Å². The summed E-state index contributed by atoms with van der Waals surface area (Å²) in [6, 6.07) is -10.5. The van der Waals surface area contributed by atoms with E-state index in [1.54, 1.807) is 32.9 Å². The highest BCUT2D eigenvalue weighted by molar-refractivity contribution is 9.12. The molecule has 0 saturated heterocycles. The summed E-state index contributed by atoms with van der Waals surface area (Å²) in [6.45, 7) is 8.62. The van der Waals surface area contributed by atoms with Crippen molar-refractivity contribution >= 4 is 243 Å². The number of hydrogen-bond acceptors (Lipinski definition) is 27. The van der Waals surface area contributed by atoms with Gasteiger partial charge >= 0.3 is 43.0 Å². The molecule has 110 heavy (non-hydrogen) atoms. The summed E-state index contributed by atoms with van der Waals surface area (Å²) in [5, 5.41) is 39.7. The zero-order valence-corrected chi connectivity index (χ0v) is 73.3. The van der Waals surface area contributed by atoms with Crippen LogP contribution in [-0.2, 0) is 9.59 Å². The molecule has 0 aliphatic heterocycles. The Hall–Kier alpha value is -4.85. The number of nitrogen functional groups attached to an aromatic ring is 1. The van der Waals surface area contributed by atoms with Crippen LogP contribution in [0.5, 0.6) is 0 Å². The average molecular weight is 2190 g/mol. The number of amidine groups is 1. The number of Topliss-reactive ketones (excluding diaryl/α,β-unsaturated/α-hetero) is 2. The predicted octanol–water partition coefficient (Wildman–Crippen LogP) is 18.9. The highest BCUT2D eigenvalue weighted by Gasteiger charge is 2.42. The average Bonchev–Trinajstić information content (AvgIpc) is 1.66. The van der Waals surface area contributed by atoms with Crippen molar-refractivity contribution in [2.75, 3.05) is 5.73 Å². The zero-order chi connectivity index (χ0) is 84.9. The van der Waals surface area contributed by atoms with Gasteiger partial charge in [0.2, 0.25) is 5.01 Å². The number of anilines is 1. The Labute approximate surface area is 701 Å². The van der Waals surface area contributed by atoms with Gasteiger partial charge in [-0.2, -0.15) is 79.0 Å². The molecule has 0 radical (unpaired) electrons. The topological polar surface area (TPSA) is 367 Å². The summed E-state index contributed by atoms with van der Waals surface area (Å²) in [4.78, 5) is 71.9. The van der Waals surface area contributed by atoms with Gasteiger partial charge in [-0.3, -0.25) is 28.5 Å². The Morgan fingerprint density at radius 2 is 0.855 bits per heavy atom. The Bertz CT molecular complexity index is 4150. The minimum absolute atomic E-state index is 0.00188. The second kappa shape index (κ2) is 47.2. The molecule has 9 aromatic rings. The van der Waals surface area contributed by atoms with Crippen LogP contribution in [0.4, 0.5) is 84.8 Å². The molecule has 1 amide bonds. The van der Waals surface area contributed by atoms with Gasteiger partial charge in [-0.25, -0.2) is 45.5 Å². The van der Waals surface area contributed by atoms with Crippen LogP contribution in [0.3, 0.4) is 0 Å². The van der Waals surface area contributed by atoms with Crippen molar-refractivity contribution in [2.24, 2.45) is 16.6 Å². The Balaban J connectivity index is 0.000000631. The first-order valence-electron chi connectivity index (χ1n) is 28.2. The number of nitrogens with two attached hydrogens (primary N) is 3. The highest BCUT2D eigenvalue weighted by Crippen LogP contribution is 2.36. The molecule has 0 aliphatic carbocycles. The van der Waals surface area contributed by atoms with Crippen molar-refractivity contribution in [3.05, 3.63) is 102 Å². The van der Waals surface area contributed by atoms with Crippen molar-refractivity contribution in [1.29, 1.82) is 0 Å². The van der Waals surface area contributed by atoms with Crippen molar-refractivity contribution < 1.29 is 103 Å². The molecule has 9 rings (SSSR count). The standard InChI is InChI=1S/C8H6BrF3N4S.C8H8F3N5S.C7H8BrF3N4S.C7H6BrF3N2OS.C7H6BrF3N2S2.C5H8O2.C4H2BrNO2S.C3HBr2NS.C3H6F3N/c1-4(8(10,11)12)16-3-13-15-6(16)7-14-5(9)2-17-7;1-4(8(9,10)11)16-3-13-15-6(16)7-14-5(12)2-17-7;1-3(7(9,10)11)13-5(15-12)6-14-4(8)2-16-6;2*1-3(7(9,10)11)12-5(14)6-13-4(8)2-15-6;1-4(6)3-5(2)7;5-2-1-9-3(6-2)4(7)8;4-2-1-7-3(5)6-2;1-2(7)3(4,5)6/h2-4H,1H3;2-4H,12H2,1H3;2-3H,12H2,1H3,(H,13,15);2*2-3H,1H3,(H,12,14);3H2,1-2H3;1H,(H,7,8);1H;2H,7H2,1H3/t2*4-;3*3-;;;;2-/m00000...0/s1. The van der Waals surface area contributed by atoms with Gasteiger partial charge in [-0.15, -0.1) is 99.8 Å². The van der Waals surface area contributed by atoms with Crippen LogP contribution in [-0.4, -0.2) is 165 Å². The van der Waals surface area contributed by atoms with E-state index in [4.69, 9.17) is 28.9 Å². The van der Waals surface area contributed by atoms with Gasteiger partial charge < -0.3 is 32.6 Å². The summed E-state index contributed by atoms with van der Waals surface area (Å²) < 4.78 is 225. The van der Waals surface area contributed by atoms with E-state index in [1.165, 1.54) is 47.3 Å². The molecule has 9 aromatic heterocycles. The van der Waals surface area contributed by atoms with E-state index in [0.717, 1.165) is 117 Å². The number of aromatic nitrogens is 13. The van der Waals surface area contributed by atoms with Crippen molar-refractivity contribution in [3.8, 4) is 21.7 Å². The number of carboxylic acid groups (broad SMARTS) is 1. The van der Waals surface area contributed by atoms with Gasteiger partial charge in [0.25, 0.3) is 5.91 Å². The molecular formula is C52H51Br7F18N20O5S8. The summed E-state index contributed by atoms with van der Waals surface area (Å²) in [6.07, 6.45) is -23.9. The van der Waals surface area contributed by atoms with Gasteiger partial charge in [0.1, 0.15) is 92.9 Å². The fourth-order valence-electron chi connectivity index (χ4n) is 5.54. The van der Waals surface area contributed by atoms with Gasteiger partial charge in [-0.1, -0.05) is 12.2 Å². The number of rotatable bonds is 13. The third-order valence-electron chi connectivity index (χ3n) is 11.1. The first-order chi connectivity index (χ1) is 50.3. The van der Waals surface area contributed by atoms with Crippen LogP contribution >= 0.6 is 203 Å². The number of alkyl halides is 18. The number of thiocarbonyl (C=S) groups is 1. The number of halogens is 25. The molecule has 0 bridgehead atoms. The number of carboxylic acids is 1. The molecule has 58 heteroatoms. The molecule has 612 valence electrons. The molecule has 0 aliphatic rings. The number of ketones is 2. The normalized spacial score (nSPS) is 13.2. The highest BCUT2D eigenvalue weighted by atomic mass is 79.9. The fourth-order valence-corrected chi connectivity index (χ4v) is 14.1. The minimum Gasteiger partial charge on any atom is -0.476 e. The number of amides is 1. The maximum atomic E-state index is 12.6. The molecule has 10 N–H and O–H groups in total. The van der Waals surface area contributed by atoms with Crippen LogP contribution < -0.4 is 33.4 Å². The number of carbonyl (C=O) groups is 4. The molecule has 0 fully saturated rings. The Morgan fingerprint density at radius 1 is 0.500 bits per heavy atom. The minimum atomic E-state index is -4.44. The number of nitrogens with one attached hydrogen (secondary N) is 3. The molecule has 0 unspecified atom stereocenters. The monoisotopic (exact) mass is 2190 g/mol. The fraction of sp³-hybridized carbons (Fsp3) is 0.404. The molecule has 0 spiro atoms. The molecule has 6 atom stereocenters. The van der Waals surface area contributed by atoms with Crippen LogP contribution in [0.1, 0.15) is 104 Å². The lowest BCUT2D eigenvalue weighted by atomic mass is 10.2. The summed E-state index contributed by atoms with van der Waals surface area (Å²) in [5.41, 5.74) is 12.0. The zero-order valence-electron chi connectivity index (χ0n) is 55.7. The van der Waals surface area contributed by atoms with Gasteiger partial charge in [0.15, 0.2) is 46.4 Å². The van der Waals surface area contributed by atoms with Crippen LogP contribution in [0.15, 0.2) is 86.8 Å². The molecule has 0 aromatic carbocycles. The first kappa shape index (κ1) is 103.